The second-order valence-corrected chi connectivity index (χ2v) is 5.02. The van der Waals surface area contributed by atoms with Crippen molar-refractivity contribution in [1.82, 2.24) is 5.32 Å². The minimum absolute atomic E-state index is 0.211. The molecule has 0 aromatic heterocycles. The number of carbonyl (C=O) groups excluding carboxylic acids is 1. The number of rotatable bonds is 7. The van der Waals surface area contributed by atoms with Gasteiger partial charge in [0.2, 0.25) is 0 Å². The molecule has 0 heterocycles. The van der Waals surface area contributed by atoms with Crippen molar-refractivity contribution >= 4 is 5.97 Å². The van der Waals surface area contributed by atoms with Gasteiger partial charge in [-0.2, -0.15) is 0 Å². The van der Waals surface area contributed by atoms with Crippen LogP contribution in [0.3, 0.4) is 0 Å². The summed E-state index contributed by atoms with van der Waals surface area (Å²) in [6, 6.07) is -0.251. The highest BCUT2D eigenvalue weighted by atomic mass is 16.5. The van der Waals surface area contributed by atoms with Gasteiger partial charge in [-0.05, 0) is 32.2 Å². The van der Waals surface area contributed by atoms with Gasteiger partial charge in [-0.25, -0.2) is 0 Å². The average molecular weight is 257 g/mol. The molecule has 4 heteroatoms. The van der Waals surface area contributed by atoms with Gasteiger partial charge in [-0.3, -0.25) is 4.79 Å². The van der Waals surface area contributed by atoms with Crippen molar-refractivity contribution in [3.63, 3.8) is 0 Å². The molecule has 0 amide bonds. The zero-order chi connectivity index (χ0) is 13.4. The fraction of sp³-hybridized carbons (Fsp3) is 0.929. The monoisotopic (exact) mass is 257 g/mol. The van der Waals surface area contributed by atoms with Crippen molar-refractivity contribution in [3.8, 4) is 0 Å². The van der Waals surface area contributed by atoms with Gasteiger partial charge >= 0.3 is 5.97 Å². The molecule has 3 unspecified atom stereocenters. The maximum Gasteiger partial charge on any atom is 0.322 e. The minimum atomic E-state index is -0.251. The summed E-state index contributed by atoms with van der Waals surface area (Å²) in [6.07, 6.45) is 7.31. The van der Waals surface area contributed by atoms with Crippen LogP contribution in [0.15, 0.2) is 0 Å². The molecule has 18 heavy (non-hydrogen) atoms. The second-order valence-electron chi connectivity index (χ2n) is 5.02. The van der Waals surface area contributed by atoms with Crippen molar-refractivity contribution in [2.45, 2.75) is 57.6 Å². The summed E-state index contributed by atoms with van der Waals surface area (Å²) in [5.41, 5.74) is 0. The van der Waals surface area contributed by atoms with Gasteiger partial charge in [0.1, 0.15) is 6.04 Å². The predicted octanol–water partition coefficient (Wildman–Crippen LogP) is 2.12. The Morgan fingerprint density at radius 2 is 2.11 bits per heavy atom. The molecular formula is C14H27NO3. The fourth-order valence-corrected chi connectivity index (χ4v) is 2.72. The molecule has 0 radical (unpaired) electrons. The Bertz CT molecular complexity index is 245. The zero-order valence-corrected chi connectivity index (χ0v) is 11.9. The van der Waals surface area contributed by atoms with Crippen LogP contribution in [-0.4, -0.2) is 38.9 Å². The summed E-state index contributed by atoms with van der Waals surface area (Å²) < 4.78 is 10.7. The summed E-state index contributed by atoms with van der Waals surface area (Å²) in [5.74, 6) is 0.488. The van der Waals surface area contributed by atoms with Crippen LogP contribution in [0.5, 0.6) is 0 Å². The summed E-state index contributed by atoms with van der Waals surface area (Å²) >= 11 is 0. The topological polar surface area (TPSA) is 47.6 Å². The number of carbonyl (C=O) groups is 1. The van der Waals surface area contributed by atoms with E-state index in [-0.39, 0.29) is 12.0 Å². The Hall–Kier alpha value is -0.610. The van der Waals surface area contributed by atoms with Crippen LogP contribution in [0.25, 0.3) is 0 Å². The molecule has 1 N–H and O–H groups in total. The smallest absolute Gasteiger partial charge is 0.322 e. The first kappa shape index (κ1) is 15.4. The standard InChI is InChI=1S/C14H27NO3/c1-4-11-7-5-6-8-13(11)18-10-9-12(15-2)14(16)17-3/h11-13,15H,4-10H2,1-3H3. The normalized spacial score (nSPS) is 25.7. The third-order valence-electron chi connectivity index (χ3n) is 3.94. The Balaban J connectivity index is 2.28. The molecule has 0 bridgehead atoms. The molecule has 1 fully saturated rings. The molecule has 4 nitrogen and oxygen atoms in total. The van der Waals surface area contributed by atoms with Gasteiger partial charge < -0.3 is 14.8 Å². The van der Waals surface area contributed by atoms with Crippen LogP contribution >= 0.6 is 0 Å². The largest absolute Gasteiger partial charge is 0.468 e. The molecule has 1 aliphatic carbocycles. The number of hydrogen-bond donors (Lipinski definition) is 1. The number of methoxy groups -OCH3 is 1. The molecule has 1 aliphatic rings. The summed E-state index contributed by atoms with van der Waals surface area (Å²) in [4.78, 5) is 11.4. The third-order valence-corrected chi connectivity index (χ3v) is 3.94. The maximum atomic E-state index is 11.4. The highest BCUT2D eigenvalue weighted by Gasteiger charge is 2.25. The number of esters is 1. The molecule has 0 saturated heterocycles. The maximum absolute atomic E-state index is 11.4. The fourth-order valence-electron chi connectivity index (χ4n) is 2.72. The van der Waals surface area contributed by atoms with Crippen LogP contribution in [0.4, 0.5) is 0 Å². The van der Waals surface area contributed by atoms with E-state index in [9.17, 15) is 4.79 Å². The molecule has 106 valence electrons. The van der Waals surface area contributed by atoms with Gasteiger partial charge in [-0.1, -0.05) is 26.2 Å². The van der Waals surface area contributed by atoms with Crippen molar-refractivity contribution in [2.24, 2.45) is 5.92 Å². The Labute approximate surface area is 110 Å². The molecule has 0 aromatic carbocycles. The van der Waals surface area contributed by atoms with Crippen molar-refractivity contribution in [1.29, 1.82) is 0 Å². The predicted molar refractivity (Wildman–Crippen MR) is 71.5 cm³/mol. The zero-order valence-electron chi connectivity index (χ0n) is 11.9. The number of ether oxygens (including phenoxy) is 2. The lowest BCUT2D eigenvalue weighted by Gasteiger charge is -2.31. The average Bonchev–Trinajstić information content (AvgIpc) is 2.43. The Kier molecular flexibility index (Phi) is 7.28. The van der Waals surface area contributed by atoms with Crippen LogP contribution in [-0.2, 0) is 14.3 Å². The van der Waals surface area contributed by atoms with E-state index in [2.05, 4.69) is 12.2 Å². The summed E-state index contributed by atoms with van der Waals surface area (Å²) in [7, 11) is 3.19. The van der Waals surface area contributed by atoms with Gasteiger partial charge in [0.15, 0.2) is 0 Å². The summed E-state index contributed by atoms with van der Waals surface area (Å²) in [6.45, 7) is 2.86. The molecule has 3 atom stereocenters. The first-order chi connectivity index (χ1) is 8.72. The van der Waals surface area contributed by atoms with Crippen molar-refractivity contribution < 1.29 is 14.3 Å². The highest BCUT2D eigenvalue weighted by molar-refractivity contribution is 5.75. The van der Waals surface area contributed by atoms with E-state index >= 15 is 0 Å². The van der Waals surface area contributed by atoms with E-state index in [1.807, 2.05) is 0 Å². The SMILES string of the molecule is CCC1CCCCC1OCCC(NC)C(=O)OC. The number of nitrogens with one attached hydrogen (secondary N) is 1. The molecule has 0 aromatic rings. The molecule has 0 aliphatic heterocycles. The van der Waals surface area contributed by atoms with Gasteiger partial charge in [0, 0.05) is 6.61 Å². The van der Waals surface area contributed by atoms with E-state index in [0.717, 1.165) is 0 Å². The van der Waals surface area contributed by atoms with Gasteiger partial charge in [-0.15, -0.1) is 0 Å². The van der Waals surface area contributed by atoms with Crippen LogP contribution in [0.2, 0.25) is 0 Å². The van der Waals surface area contributed by atoms with Crippen LogP contribution in [0.1, 0.15) is 45.4 Å². The van der Waals surface area contributed by atoms with E-state index in [0.29, 0.717) is 25.0 Å². The first-order valence-corrected chi connectivity index (χ1v) is 7.09. The van der Waals surface area contributed by atoms with Crippen molar-refractivity contribution in [2.75, 3.05) is 20.8 Å². The molecule has 1 saturated carbocycles. The quantitative estimate of drug-likeness (QED) is 0.710. The van der Waals surface area contributed by atoms with E-state index in [1.165, 1.54) is 39.2 Å². The molecular weight excluding hydrogens is 230 g/mol. The number of hydrogen-bond acceptors (Lipinski definition) is 4. The van der Waals surface area contributed by atoms with E-state index in [1.54, 1.807) is 7.05 Å². The Morgan fingerprint density at radius 1 is 1.39 bits per heavy atom. The lowest BCUT2D eigenvalue weighted by Crippen LogP contribution is -2.37. The second kappa shape index (κ2) is 8.48. The summed E-state index contributed by atoms with van der Waals surface area (Å²) in [5, 5.41) is 2.96. The van der Waals surface area contributed by atoms with Gasteiger partial charge in [0.05, 0.1) is 13.2 Å². The van der Waals surface area contributed by atoms with Crippen LogP contribution < -0.4 is 5.32 Å². The Morgan fingerprint density at radius 3 is 2.72 bits per heavy atom. The van der Waals surface area contributed by atoms with Gasteiger partial charge in [0.25, 0.3) is 0 Å². The minimum Gasteiger partial charge on any atom is -0.468 e. The van der Waals surface area contributed by atoms with Crippen molar-refractivity contribution in [3.05, 3.63) is 0 Å². The highest BCUT2D eigenvalue weighted by Crippen LogP contribution is 2.29. The lowest BCUT2D eigenvalue weighted by atomic mass is 9.85. The van der Waals surface area contributed by atoms with E-state index < -0.39 is 0 Å². The molecule has 0 spiro atoms. The third kappa shape index (κ3) is 4.58. The lowest BCUT2D eigenvalue weighted by molar-refractivity contribution is -0.143. The first-order valence-electron chi connectivity index (χ1n) is 7.09. The van der Waals surface area contributed by atoms with E-state index in [4.69, 9.17) is 9.47 Å². The number of likely N-dealkylation sites (N-methyl/N-ethyl adjacent to an activating group) is 1. The molecule has 1 rings (SSSR count). The van der Waals surface area contributed by atoms with Crippen LogP contribution in [0, 0.1) is 5.92 Å².